The van der Waals surface area contributed by atoms with Gasteiger partial charge in [-0.25, -0.2) is 13.1 Å². The van der Waals surface area contributed by atoms with Gasteiger partial charge in [0.15, 0.2) is 0 Å². The average molecular weight is 315 g/mol. The molecule has 1 aliphatic heterocycles. The maximum atomic E-state index is 12.5. The molecule has 1 heterocycles. The van der Waals surface area contributed by atoms with Crippen molar-refractivity contribution in [3.05, 3.63) is 23.8 Å². The van der Waals surface area contributed by atoms with E-state index in [1.54, 1.807) is 6.07 Å². The average Bonchev–Trinajstić information content (AvgIpc) is 2.92. The Kier molecular flexibility index (Phi) is 4.88. The minimum absolute atomic E-state index is 0.0261. The van der Waals surface area contributed by atoms with Crippen molar-refractivity contribution in [1.82, 2.24) is 4.72 Å². The van der Waals surface area contributed by atoms with Gasteiger partial charge >= 0.3 is 0 Å². The van der Waals surface area contributed by atoms with Crippen molar-refractivity contribution < 1.29 is 23.0 Å². The van der Waals surface area contributed by atoms with Crippen LogP contribution < -0.4 is 9.46 Å². The van der Waals surface area contributed by atoms with E-state index in [1.165, 1.54) is 19.2 Å². The molecule has 0 saturated carbocycles. The van der Waals surface area contributed by atoms with Crippen LogP contribution in [0.3, 0.4) is 0 Å². The fourth-order valence-corrected chi connectivity index (χ4v) is 3.70. The standard InChI is InChI=1S/C14H21NO5S/c1-14(6-3-7-20-14)10-15-21(17,18)13-8-11(9-16)4-5-12(13)19-2/h4-5,8,15-16H,3,6-7,9-10H2,1-2H3. The van der Waals surface area contributed by atoms with Gasteiger partial charge in [0.2, 0.25) is 10.0 Å². The van der Waals surface area contributed by atoms with E-state index in [9.17, 15) is 8.42 Å². The molecular formula is C14H21NO5S. The summed E-state index contributed by atoms with van der Waals surface area (Å²) in [6, 6.07) is 4.58. The molecule has 0 aliphatic carbocycles. The van der Waals surface area contributed by atoms with Crippen LogP contribution in [-0.4, -0.2) is 39.4 Å². The molecule has 1 atom stereocenters. The van der Waals surface area contributed by atoms with Crippen LogP contribution in [0.2, 0.25) is 0 Å². The zero-order valence-corrected chi connectivity index (χ0v) is 13.1. The Bertz CT molecular complexity index is 593. The highest BCUT2D eigenvalue weighted by molar-refractivity contribution is 7.89. The molecule has 1 saturated heterocycles. The third kappa shape index (κ3) is 3.74. The van der Waals surface area contributed by atoms with Crippen LogP contribution >= 0.6 is 0 Å². The van der Waals surface area contributed by atoms with Crippen LogP contribution in [0.15, 0.2) is 23.1 Å². The topological polar surface area (TPSA) is 84.9 Å². The van der Waals surface area contributed by atoms with Crippen molar-refractivity contribution in [2.75, 3.05) is 20.3 Å². The molecule has 1 fully saturated rings. The van der Waals surface area contributed by atoms with Gasteiger partial charge < -0.3 is 14.6 Å². The van der Waals surface area contributed by atoms with Crippen molar-refractivity contribution in [1.29, 1.82) is 0 Å². The van der Waals surface area contributed by atoms with Gasteiger partial charge in [0, 0.05) is 13.2 Å². The summed E-state index contributed by atoms with van der Waals surface area (Å²) in [6.45, 7) is 2.53. The number of rotatable bonds is 6. The SMILES string of the molecule is COc1ccc(CO)cc1S(=O)(=O)NCC1(C)CCCO1. The highest BCUT2D eigenvalue weighted by Crippen LogP contribution is 2.27. The predicted molar refractivity (Wildman–Crippen MR) is 77.7 cm³/mol. The molecule has 7 heteroatoms. The van der Waals surface area contributed by atoms with Crippen LogP contribution in [0.25, 0.3) is 0 Å². The zero-order chi connectivity index (χ0) is 15.5. The number of aliphatic hydroxyl groups excluding tert-OH is 1. The normalized spacial score (nSPS) is 22.4. The van der Waals surface area contributed by atoms with E-state index in [0.717, 1.165) is 12.8 Å². The fourth-order valence-electron chi connectivity index (χ4n) is 2.33. The van der Waals surface area contributed by atoms with Gasteiger partial charge in [-0.05, 0) is 37.5 Å². The van der Waals surface area contributed by atoms with Gasteiger partial charge in [0.1, 0.15) is 10.6 Å². The van der Waals surface area contributed by atoms with E-state index in [0.29, 0.717) is 12.2 Å². The summed E-state index contributed by atoms with van der Waals surface area (Å²) < 4.78 is 38.1. The zero-order valence-electron chi connectivity index (χ0n) is 12.3. The summed E-state index contributed by atoms with van der Waals surface area (Å²) in [5, 5.41) is 9.16. The molecule has 118 valence electrons. The van der Waals surface area contributed by atoms with Gasteiger partial charge in [-0.15, -0.1) is 0 Å². The Morgan fingerprint density at radius 2 is 2.24 bits per heavy atom. The van der Waals surface area contributed by atoms with Gasteiger partial charge in [-0.2, -0.15) is 0 Å². The summed E-state index contributed by atoms with van der Waals surface area (Å²) in [5.41, 5.74) is 0.0500. The Morgan fingerprint density at radius 1 is 1.48 bits per heavy atom. The minimum Gasteiger partial charge on any atom is -0.495 e. The molecule has 2 rings (SSSR count). The highest BCUT2D eigenvalue weighted by atomic mass is 32.2. The van der Waals surface area contributed by atoms with Crippen molar-refractivity contribution in [2.24, 2.45) is 0 Å². The first-order valence-electron chi connectivity index (χ1n) is 6.82. The number of sulfonamides is 1. The Labute approximate surface area is 125 Å². The van der Waals surface area contributed by atoms with Crippen LogP contribution in [-0.2, 0) is 21.4 Å². The molecule has 0 aromatic heterocycles. The lowest BCUT2D eigenvalue weighted by Crippen LogP contribution is -2.40. The summed E-state index contributed by atoms with van der Waals surface area (Å²) in [6.07, 6.45) is 1.75. The number of methoxy groups -OCH3 is 1. The fraction of sp³-hybridized carbons (Fsp3) is 0.571. The van der Waals surface area contributed by atoms with Gasteiger partial charge in [-0.3, -0.25) is 0 Å². The first-order chi connectivity index (χ1) is 9.90. The lowest BCUT2D eigenvalue weighted by atomic mass is 10.0. The van der Waals surface area contributed by atoms with Gasteiger partial charge in [0.25, 0.3) is 0 Å². The van der Waals surface area contributed by atoms with Crippen LogP contribution in [0.5, 0.6) is 5.75 Å². The minimum atomic E-state index is -3.73. The Hall–Kier alpha value is -1.15. The van der Waals surface area contributed by atoms with Crippen molar-refractivity contribution in [3.63, 3.8) is 0 Å². The molecule has 21 heavy (non-hydrogen) atoms. The second kappa shape index (κ2) is 6.31. The smallest absolute Gasteiger partial charge is 0.244 e. The van der Waals surface area contributed by atoms with Crippen LogP contribution in [0.4, 0.5) is 0 Å². The first kappa shape index (κ1) is 16.2. The molecule has 0 radical (unpaired) electrons. The molecule has 2 N–H and O–H groups in total. The van der Waals surface area contributed by atoms with Gasteiger partial charge in [-0.1, -0.05) is 6.07 Å². The largest absolute Gasteiger partial charge is 0.495 e. The van der Waals surface area contributed by atoms with E-state index in [4.69, 9.17) is 14.6 Å². The number of hydrogen-bond acceptors (Lipinski definition) is 5. The van der Waals surface area contributed by atoms with Crippen molar-refractivity contribution in [2.45, 2.75) is 36.9 Å². The van der Waals surface area contributed by atoms with E-state index < -0.39 is 15.6 Å². The molecule has 1 unspecified atom stereocenters. The van der Waals surface area contributed by atoms with Crippen LogP contribution in [0, 0.1) is 0 Å². The monoisotopic (exact) mass is 315 g/mol. The molecule has 1 aromatic rings. The molecule has 1 aliphatic rings. The molecule has 6 nitrogen and oxygen atoms in total. The third-order valence-corrected chi connectivity index (χ3v) is 5.06. The number of hydrogen-bond donors (Lipinski definition) is 2. The number of benzene rings is 1. The second-order valence-electron chi connectivity index (χ2n) is 5.37. The lowest BCUT2D eigenvalue weighted by Gasteiger charge is -2.23. The number of aliphatic hydroxyl groups is 1. The third-order valence-electron chi connectivity index (χ3n) is 3.64. The Morgan fingerprint density at radius 3 is 2.81 bits per heavy atom. The maximum Gasteiger partial charge on any atom is 0.244 e. The van der Waals surface area contributed by atoms with E-state index in [1.807, 2.05) is 6.92 Å². The van der Waals surface area contributed by atoms with Crippen molar-refractivity contribution in [3.8, 4) is 5.75 Å². The Balaban J connectivity index is 2.22. The van der Waals surface area contributed by atoms with Crippen LogP contribution in [0.1, 0.15) is 25.3 Å². The van der Waals surface area contributed by atoms with E-state index in [-0.39, 0.29) is 23.8 Å². The first-order valence-corrected chi connectivity index (χ1v) is 8.30. The molecule has 1 aromatic carbocycles. The summed E-state index contributed by atoms with van der Waals surface area (Å²) in [5.74, 6) is 0.247. The lowest BCUT2D eigenvalue weighted by molar-refractivity contribution is 0.0250. The number of ether oxygens (including phenoxy) is 2. The highest BCUT2D eigenvalue weighted by Gasteiger charge is 2.32. The summed E-state index contributed by atoms with van der Waals surface area (Å²) in [7, 11) is -2.32. The maximum absolute atomic E-state index is 12.5. The predicted octanol–water partition coefficient (Wildman–Crippen LogP) is 1.03. The molecular weight excluding hydrogens is 294 g/mol. The molecule has 0 amide bonds. The quantitative estimate of drug-likeness (QED) is 0.819. The molecule has 0 bridgehead atoms. The number of nitrogens with one attached hydrogen (secondary N) is 1. The van der Waals surface area contributed by atoms with Gasteiger partial charge in [0.05, 0.1) is 19.3 Å². The second-order valence-corrected chi connectivity index (χ2v) is 7.11. The molecule has 0 spiro atoms. The summed E-state index contributed by atoms with van der Waals surface area (Å²) >= 11 is 0. The summed E-state index contributed by atoms with van der Waals surface area (Å²) in [4.78, 5) is 0.0261. The van der Waals surface area contributed by atoms with E-state index in [2.05, 4.69) is 4.72 Å². The van der Waals surface area contributed by atoms with Crippen molar-refractivity contribution >= 4 is 10.0 Å². The van der Waals surface area contributed by atoms with E-state index >= 15 is 0 Å².